The molecule has 0 atom stereocenters. The van der Waals surface area contributed by atoms with Crippen LogP contribution in [-0.2, 0) is 5.41 Å². The number of Topliss-reactive ketones (excluding diaryl/α,β-unsaturated/α-hetero) is 1. The van der Waals surface area contributed by atoms with E-state index in [9.17, 15) is 4.79 Å². The lowest BCUT2D eigenvalue weighted by atomic mass is 9.69. The molecule has 0 spiro atoms. The molecule has 0 heterocycles. The van der Waals surface area contributed by atoms with E-state index in [1.165, 1.54) is 67.6 Å². The van der Waals surface area contributed by atoms with Gasteiger partial charge in [0.15, 0.2) is 0 Å². The van der Waals surface area contributed by atoms with E-state index >= 15 is 8.78 Å². The van der Waals surface area contributed by atoms with E-state index in [1.807, 2.05) is 0 Å². The maximum Gasteiger partial charge on any atom is 0.322 e. The van der Waals surface area contributed by atoms with E-state index in [-0.39, 0.29) is 16.7 Å². The summed E-state index contributed by atoms with van der Waals surface area (Å²) in [4.78, 5) is 12.8. The van der Waals surface area contributed by atoms with E-state index in [0.29, 0.717) is 10.0 Å². The maximum atomic E-state index is 15.7. The van der Waals surface area contributed by atoms with Gasteiger partial charge in [0.2, 0.25) is 5.78 Å². The van der Waals surface area contributed by atoms with Crippen LogP contribution in [0.3, 0.4) is 0 Å². The highest BCUT2D eigenvalue weighted by Crippen LogP contribution is 2.47. The van der Waals surface area contributed by atoms with Crippen molar-refractivity contribution in [1.29, 1.82) is 0 Å². The molecule has 3 rings (SSSR count). The zero-order valence-electron chi connectivity index (χ0n) is 14.4. The summed E-state index contributed by atoms with van der Waals surface area (Å²) in [5, 5.41) is 0.852. The molecule has 27 heavy (non-hydrogen) atoms. The Bertz CT molecular complexity index is 891. The molecule has 0 aliphatic rings. The molecule has 1 nitrogen and oxygen atoms in total. The second kappa shape index (κ2) is 7.41. The van der Waals surface area contributed by atoms with Crippen LogP contribution in [0.4, 0.5) is 8.78 Å². The molecule has 0 aromatic heterocycles. The Morgan fingerprint density at radius 2 is 1.15 bits per heavy atom. The zero-order valence-corrected chi connectivity index (χ0v) is 15.9. The molecule has 3 aromatic rings. The number of benzene rings is 3. The van der Waals surface area contributed by atoms with Gasteiger partial charge >= 0.3 is 5.92 Å². The van der Waals surface area contributed by atoms with Crippen molar-refractivity contribution in [3.05, 3.63) is 106 Å². The Hall–Kier alpha value is -2.23. The van der Waals surface area contributed by atoms with Crippen molar-refractivity contribution >= 4 is 29.0 Å². The molecule has 0 unspecified atom stereocenters. The van der Waals surface area contributed by atoms with Gasteiger partial charge in [0.05, 0.1) is 5.41 Å². The van der Waals surface area contributed by atoms with Gasteiger partial charge in [0.1, 0.15) is 0 Å². The van der Waals surface area contributed by atoms with E-state index < -0.39 is 17.1 Å². The fraction of sp³-hybridized carbons (Fsp3) is 0.136. The second-order valence-corrected chi connectivity index (χ2v) is 7.28. The molecule has 0 saturated carbocycles. The lowest BCUT2D eigenvalue weighted by Gasteiger charge is -2.37. The Labute approximate surface area is 166 Å². The zero-order chi connectivity index (χ0) is 19.7. The largest absolute Gasteiger partial charge is 0.322 e. The highest BCUT2D eigenvalue weighted by atomic mass is 35.5. The van der Waals surface area contributed by atoms with Crippen molar-refractivity contribution in [2.24, 2.45) is 0 Å². The fourth-order valence-electron chi connectivity index (χ4n) is 3.09. The van der Waals surface area contributed by atoms with Gasteiger partial charge in [-0.1, -0.05) is 77.8 Å². The summed E-state index contributed by atoms with van der Waals surface area (Å²) < 4.78 is 31.4. The minimum absolute atomic E-state index is 0.0448. The second-order valence-electron chi connectivity index (χ2n) is 6.41. The van der Waals surface area contributed by atoms with Gasteiger partial charge in [0, 0.05) is 15.6 Å². The number of carbonyl (C=O) groups is 1. The summed E-state index contributed by atoms with van der Waals surface area (Å²) >= 11 is 11.9. The summed E-state index contributed by atoms with van der Waals surface area (Å²) in [5.41, 5.74) is -1.39. The lowest BCUT2D eigenvalue weighted by Crippen LogP contribution is -2.49. The summed E-state index contributed by atoms with van der Waals surface area (Å²) in [6.45, 7) is 1.36. The molecule has 0 fully saturated rings. The molecule has 0 aliphatic carbocycles. The molecule has 0 saturated heterocycles. The smallest absolute Gasteiger partial charge is 0.287 e. The van der Waals surface area contributed by atoms with Crippen molar-refractivity contribution in [3.8, 4) is 0 Å². The molecule has 0 N–H and O–H groups in total. The Kier molecular flexibility index (Phi) is 5.36. The Balaban J connectivity index is 2.21. The van der Waals surface area contributed by atoms with Crippen molar-refractivity contribution in [1.82, 2.24) is 0 Å². The van der Waals surface area contributed by atoms with Crippen molar-refractivity contribution in [2.75, 3.05) is 0 Å². The van der Waals surface area contributed by atoms with Gasteiger partial charge in [0.25, 0.3) is 0 Å². The van der Waals surface area contributed by atoms with Gasteiger partial charge in [-0.3, -0.25) is 4.79 Å². The van der Waals surface area contributed by atoms with Gasteiger partial charge in [-0.05, 0) is 42.3 Å². The minimum Gasteiger partial charge on any atom is -0.287 e. The molecule has 5 heteroatoms. The first-order valence-electron chi connectivity index (χ1n) is 8.26. The molecule has 0 bridgehead atoms. The van der Waals surface area contributed by atoms with Crippen LogP contribution >= 0.6 is 23.2 Å². The van der Waals surface area contributed by atoms with Crippen LogP contribution < -0.4 is 0 Å². The van der Waals surface area contributed by atoms with Gasteiger partial charge < -0.3 is 0 Å². The normalized spacial score (nSPS) is 12.0. The number of ketones is 1. The topological polar surface area (TPSA) is 17.1 Å². The van der Waals surface area contributed by atoms with E-state index in [4.69, 9.17) is 23.2 Å². The first-order valence-corrected chi connectivity index (χ1v) is 9.02. The van der Waals surface area contributed by atoms with Crippen LogP contribution in [0.5, 0.6) is 0 Å². The van der Waals surface area contributed by atoms with Crippen LogP contribution in [0.25, 0.3) is 0 Å². The predicted octanol–water partition coefficient (Wildman–Crippen LogP) is 6.82. The number of hydrogen-bond acceptors (Lipinski definition) is 1. The van der Waals surface area contributed by atoms with Gasteiger partial charge in [-0.25, -0.2) is 0 Å². The molecular formula is C22H16Cl2F2O. The summed E-state index contributed by atoms with van der Waals surface area (Å²) in [6.07, 6.45) is 0. The highest BCUT2D eigenvalue weighted by molar-refractivity contribution is 6.30. The molecule has 0 amide bonds. The summed E-state index contributed by atoms with van der Waals surface area (Å²) in [5.74, 6) is -4.95. The Morgan fingerprint density at radius 1 is 0.741 bits per heavy atom. The van der Waals surface area contributed by atoms with Crippen LogP contribution in [0.2, 0.25) is 10.0 Å². The number of rotatable bonds is 5. The molecule has 138 valence electrons. The maximum absolute atomic E-state index is 15.7. The SMILES string of the molecule is CC(c1ccc(Cl)cc1)(c1ccc(Cl)cc1)C(F)(F)C(=O)c1ccccc1. The third-order valence-corrected chi connectivity index (χ3v) is 5.30. The van der Waals surface area contributed by atoms with E-state index in [2.05, 4.69) is 0 Å². The average Bonchev–Trinajstić information content (AvgIpc) is 2.68. The number of carbonyl (C=O) groups excluding carboxylic acids is 1. The van der Waals surface area contributed by atoms with E-state index in [1.54, 1.807) is 18.2 Å². The number of hydrogen-bond donors (Lipinski definition) is 0. The third kappa shape index (κ3) is 3.50. The third-order valence-electron chi connectivity index (χ3n) is 4.79. The lowest BCUT2D eigenvalue weighted by molar-refractivity contribution is -0.0293. The predicted molar refractivity (Wildman–Crippen MR) is 105 cm³/mol. The fourth-order valence-corrected chi connectivity index (χ4v) is 3.35. The van der Waals surface area contributed by atoms with Crippen molar-refractivity contribution < 1.29 is 13.6 Å². The van der Waals surface area contributed by atoms with Gasteiger partial charge in [-0.2, -0.15) is 8.78 Å². The number of alkyl halides is 2. The molecule has 0 radical (unpaired) electrons. The van der Waals surface area contributed by atoms with Crippen molar-refractivity contribution in [3.63, 3.8) is 0 Å². The van der Waals surface area contributed by atoms with E-state index in [0.717, 1.165) is 0 Å². The quantitative estimate of drug-likeness (QED) is 0.426. The molecular weight excluding hydrogens is 389 g/mol. The van der Waals surface area contributed by atoms with Gasteiger partial charge in [-0.15, -0.1) is 0 Å². The first-order chi connectivity index (χ1) is 12.8. The molecule has 3 aromatic carbocycles. The van der Waals surface area contributed by atoms with Crippen LogP contribution in [0.15, 0.2) is 78.9 Å². The summed E-state index contributed by atoms with van der Waals surface area (Å²) in [6, 6.07) is 19.8. The Morgan fingerprint density at radius 3 is 1.56 bits per heavy atom. The first kappa shape index (κ1) is 19.5. The molecule has 0 aliphatic heterocycles. The monoisotopic (exact) mass is 404 g/mol. The minimum atomic E-state index is -3.71. The standard InChI is InChI=1S/C22H16Cl2F2O/c1-21(16-7-11-18(23)12-8-16,17-9-13-19(24)14-10-17)22(25,26)20(27)15-5-3-2-4-6-15/h2-14H,1H3. The average molecular weight is 405 g/mol. The van der Waals surface area contributed by atoms with Crippen LogP contribution in [0, 0.1) is 0 Å². The van der Waals surface area contributed by atoms with Crippen molar-refractivity contribution in [2.45, 2.75) is 18.3 Å². The number of halogens is 4. The van der Waals surface area contributed by atoms with Crippen LogP contribution in [0.1, 0.15) is 28.4 Å². The summed E-state index contributed by atoms with van der Waals surface area (Å²) in [7, 11) is 0. The highest BCUT2D eigenvalue weighted by Gasteiger charge is 2.57. The van der Waals surface area contributed by atoms with Crippen LogP contribution in [-0.4, -0.2) is 11.7 Å².